The number of aromatic nitrogens is 1. The summed E-state index contributed by atoms with van der Waals surface area (Å²) in [7, 11) is 0. The van der Waals surface area contributed by atoms with Crippen LogP contribution in [0.5, 0.6) is 0 Å². The Hall–Kier alpha value is -2.43. The van der Waals surface area contributed by atoms with Gasteiger partial charge in [-0.1, -0.05) is 11.6 Å². The molecule has 1 aromatic carbocycles. The molecule has 0 radical (unpaired) electrons. The fraction of sp³-hybridized carbons (Fsp3) is 0.421. The van der Waals surface area contributed by atoms with Crippen LogP contribution >= 0.6 is 12.2 Å². The molecule has 0 aliphatic rings. The SMILES string of the molecule is CCOCCCNC(=S)NCCNc1[nH+]c2ccc(C)cc2cc1C#N. The lowest BCUT2D eigenvalue weighted by Crippen LogP contribution is -2.38. The summed E-state index contributed by atoms with van der Waals surface area (Å²) in [5.74, 6) is 0.723. The van der Waals surface area contributed by atoms with Crippen molar-refractivity contribution < 1.29 is 9.72 Å². The van der Waals surface area contributed by atoms with Crippen LogP contribution in [-0.4, -0.2) is 38.0 Å². The molecular weight excluding hydrogens is 346 g/mol. The zero-order valence-electron chi connectivity index (χ0n) is 15.3. The number of nitrogens with one attached hydrogen (secondary N) is 4. The molecule has 26 heavy (non-hydrogen) atoms. The molecule has 7 heteroatoms. The van der Waals surface area contributed by atoms with E-state index in [2.05, 4.69) is 33.1 Å². The maximum absolute atomic E-state index is 9.38. The highest BCUT2D eigenvalue weighted by Crippen LogP contribution is 2.17. The van der Waals surface area contributed by atoms with Gasteiger partial charge in [-0.05, 0) is 50.7 Å². The largest absolute Gasteiger partial charge is 0.382 e. The Balaban J connectivity index is 1.79. The van der Waals surface area contributed by atoms with E-state index in [-0.39, 0.29) is 0 Å². The molecule has 0 spiro atoms. The quantitative estimate of drug-likeness (QED) is 0.462. The number of hydrogen-bond acceptors (Lipinski definition) is 4. The lowest BCUT2D eigenvalue weighted by Gasteiger charge is -2.10. The molecule has 2 aromatic rings. The predicted octanol–water partition coefficient (Wildman–Crippen LogP) is 2.14. The molecule has 138 valence electrons. The first-order valence-electron chi connectivity index (χ1n) is 8.84. The van der Waals surface area contributed by atoms with Crippen LogP contribution in [0.25, 0.3) is 10.9 Å². The van der Waals surface area contributed by atoms with Crippen LogP contribution in [0.1, 0.15) is 24.5 Å². The van der Waals surface area contributed by atoms with Gasteiger partial charge in [0.25, 0.3) is 5.82 Å². The van der Waals surface area contributed by atoms with Crippen molar-refractivity contribution in [2.24, 2.45) is 0 Å². The van der Waals surface area contributed by atoms with E-state index in [0.29, 0.717) is 23.8 Å². The van der Waals surface area contributed by atoms with Crippen molar-refractivity contribution in [1.82, 2.24) is 10.6 Å². The van der Waals surface area contributed by atoms with Crippen molar-refractivity contribution in [1.29, 1.82) is 5.26 Å². The van der Waals surface area contributed by atoms with Crippen LogP contribution in [0, 0.1) is 18.3 Å². The molecule has 4 N–H and O–H groups in total. The van der Waals surface area contributed by atoms with Crippen molar-refractivity contribution in [2.75, 3.05) is 38.2 Å². The van der Waals surface area contributed by atoms with Gasteiger partial charge in [0.1, 0.15) is 23.7 Å². The van der Waals surface area contributed by atoms with Gasteiger partial charge in [0.15, 0.2) is 5.11 Å². The maximum atomic E-state index is 9.38. The monoisotopic (exact) mass is 372 g/mol. The number of fused-ring (bicyclic) bond motifs is 1. The van der Waals surface area contributed by atoms with Crippen LogP contribution in [0.2, 0.25) is 0 Å². The van der Waals surface area contributed by atoms with Crippen LogP contribution < -0.4 is 20.9 Å². The fourth-order valence-corrected chi connectivity index (χ4v) is 2.72. The van der Waals surface area contributed by atoms with Crippen molar-refractivity contribution in [3.63, 3.8) is 0 Å². The summed E-state index contributed by atoms with van der Waals surface area (Å²) in [5, 5.41) is 20.6. The fourth-order valence-electron chi connectivity index (χ4n) is 2.52. The van der Waals surface area contributed by atoms with Crippen LogP contribution in [-0.2, 0) is 4.74 Å². The zero-order chi connectivity index (χ0) is 18.8. The first-order valence-corrected chi connectivity index (χ1v) is 9.25. The highest BCUT2D eigenvalue weighted by molar-refractivity contribution is 7.80. The Kier molecular flexibility index (Phi) is 8.06. The number of ether oxygens (including phenoxy) is 1. The van der Waals surface area contributed by atoms with Crippen molar-refractivity contribution in [2.45, 2.75) is 20.3 Å². The van der Waals surface area contributed by atoms with E-state index in [1.807, 2.05) is 32.0 Å². The van der Waals surface area contributed by atoms with Gasteiger partial charge in [0.2, 0.25) is 0 Å². The number of thiocarbonyl (C=S) groups is 1. The standard InChI is InChI=1S/C19H25N5OS/c1-3-25-10-4-7-22-19(26)23-9-8-21-18-16(13-20)12-15-11-14(2)5-6-17(15)24-18/h5-6,11-12H,3-4,7-10H2,1-2H3,(H,21,24)(H2,22,23,26)/p+1. The first kappa shape index (κ1) is 19.9. The van der Waals surface area contributed by atoms with Gasteiger partial charge >= 0.3 is 0 Å². The number of pyridine rings is 1. The minimum atomic E-state index is 0.597. The van der Waals surface area contributed by atoms with Gasteiger partial charge in [-0.25, -0.2) is 4.98 Å². The summed E-state index contributed by atoms with van der Waals surface area (Å²) in [6.45, 7) is 7.59. The second-order valence-corrected chi connectivity index (χ2v) is 6.33. The van der Waals surface area contributed by atoms with Crippen LogP contribution in [0.3, 0.4) is 0 Å². The van der Waals surface area contributed by atoms with Crippen molar-refractivity contribution in [3.8, 4) is 6.07 Å². The molecule has 0 bridgehead atoms. The molecule has 0 saturated carbocycles. The summed E-state index contributed by atoms with van der Waals surface area (Å²) in [6, 6.07) is 10.3. The molecular formula is C19H26N5OS+. The maximum Gasteiger partial charge on any atom is 0.290 e. The normalized spacial score (nSPS) is 10.3. The number of hydrogen-bond donors (Lipinski definition) is 3. The van der Waals surface area contributed by atoms with Gasteiger partial charge in [-0.3, -0.25) is 5.32 Å². The van der Waals surface area contributed by atoms with E-state index in [4.69, 9.17) is 17.0 Å². The van der Waals surface area contributed by atoms with Crippen LogP contribution in [0.15, 0.2) is 24.3 Å². The molecule has 2 rings (SSSR count). The Labute approximate surface area is 159 Å². The molecule has 0 saturated heterocycles. The third-order valence-corrected chi connectivity index (χ3v) is 4.11. The highest BCUT2D eigenvalue weighted by atomic mass is 32.1. The number of benzene rings is 1. The predicted molar refractivity (Wildman–Crippen MR) is 108 cm³/mol. The average molecular weight is 373 g/mol. The molecule has 0 aliphatic heterocycles. The highest BCUT2D eigenvalue weighted by Gasteiger charge is 2.12. The number of rotatable bonds is 9. The van der Waals surface area contributed by atoms with Crippen molar-refractivity contribution in [3.05, 3.63) is 35.4 Å². The third-order valence-electron chi connectivity index (χ3n) is 3.82. The number of aryl methyl sites for hydroxylation is 1. The summed E-state index contributed by atoms with van der Waals surface area (Å²) in [5.41, 5.74) is 2.76. The Bertz CT molecular complexity index is 787. The Morgan fingerprint density at radius 1 is 1.23 bits per heavy atom. The van der Waals surface area contributed by atoms with E-state index >= 15 is 0 Å². The number of anilines is 1. The topological polar surface area (TPSA) is 83.2 Å². The summed E-state index contributed by atoms with van der Waals surface area (Å²) in [6.07, 6.45) is 0.922. The molecule has 0 unspecified atom stereocenters. The van der Waals surface area contributed by atoms with Gasteiger partial charge in [0.05, 0.1) is 6.54 Å². The summed E-state index contributed by atoms with van der Waals surface area (Å²) < 4.78 is 5.28. The second-order valence-electron chi connectivity index (χ2n) is 5.92. The smallest absolute Gasteiger partial charge is 0.290 e. The molecule has 0 aliphatic carbocycles. The number of aromatic amines is 1. The van der Waals surface area contributed by atoms with E-state index in [0.717, 1.165) is 42.9 Å². The lowest BCUT2D eigenvalue weighted by atomic mass is 10.1. The Morgan fingerprint density at radius 2 is 2.04 bits per heavy atom. The lowest BCUT2D eigenvalue weighted by molar-refractivity contribution is -0.327. The Morgan fingerprint density at radius 3 is 2.81 bits per heavy atom. The first-order chi connectivity index (χ1) is 12.6. The number of nitriles is 1. The van der Waals surface area contributed by atoms with E-state index < -0.39 is 0 Å². The minimum absolute atomic E-state index is 0.597. The summed E-state index contributed by atoms with van der Waals surface area (Å²) >= 11 is 5.24. The van der Waals surface area contributed by atoms with E-state index in [1.165, 1.54) is 5.56 Å². The van der Waals surface area contributed by atoms with Gasteiger partial charge in [-0.15, -0.1) is 0 Å². The molecule has 0 amide bonds. The van der Waals surface area contributed by atoms with Gasteiger partial charge in [-0.2, -0.15) is 5.26 Å². The zero-order valence-corrected chi connectivity index (χ0v) is 16.1. The van der Waals surface area contributed by atoms with Gasteiger partial charge < -0.3 is 15.4 Å². The minimum Gasteiger partial charge on any atom is -0.382 e. The third kappa shape index (κ3) is 6.14. The molecule has 0 atom stereocenters. The van der Waals surface area contributed by atoms with Crippen LogP contribution in [0.4, 0.5) is 5.82 Å². The second kappa shape index (κ2) is 10.5. The molecule has 1 heterocycles. The number of nitrogens with zero attached hydrogens (tertiary/aromatic N) is 1. The van der Waals surface area contributed by atoms with E-state index in [1.54, 1.807) is 0 Å². The average Bonchev–Trinajstić information content (AvgIpc) is 2.64. The molecule has 0 fully saturated rings. The molecule has 6 nitrogen and oxygen atoms in total. The van der Waals surface area contributed by atoms with Crippen molar-refractivity contribution >= 4 is 34.1 Å². The number of H-pyrrole nitrogens is 1. The van der Waals surface area contributed by atoms with Gasteiger partial charge in [0, 0.05) is 25.1 Å². The summed E-state index contributed by atoms with van der Waals surface area (Å²) in [4.78, 5) is 3.29. The van der Waals surface area contributed by atoms with E-state index in [9.17, 15) is 5.26 Å². The molecule has 1 aromatic heterocycles.